The van der Waals surface area contributed by atoms with Crippen LogP contribution in [0.2, 0.25) is 0 Å². The zero-order valence-corrected chi connectivity index (χ0v) is 13.0. The third-order valence-corrected chi connectivity index (χ3v) is 3.10. The minimum absolute atomic E-state index is 0.609. The predicted molar refractivity (Wildman–Crippen MR) is 78.1 cm³/mol. The van der Waals surface area contributed by atoms with Crippen LogP contribution in [0.1, 0.15) is 25.2 Å². The van der Waals surface area contributed by atoms with Crippen molar-refractivity contribution in [2.75, 3.05) is 6.54 Å². The summed E-state index contributed by atoms with van der Waals surface area (Å²) in [5.74, 6) is 1.43. The molecule has 0 bridgehead atoms. The summed E-state index contributed by atoms with van der Waals surface area (Å²) in [6.45, 7) is 8.01. The summed E-state index contributed by atoms with van der Waals surface area (Å²) >= 11 is 3.50. The Morgan fingerprint density at radius 3 is 2.79 bits per heavy atom. The number of nitrogens with one attached hydrogen (secondary N) is 1. The molecule has 1 aromatic carbocycles. The monoisotopic (exact) mass is 323 g/mol. The zero-order valence-electron chi connectivity index (χ0n) is 11.4. The van der Waals surface area contributed by atoms with Crippen LogP contribution in [0.25, 0.3) is 5.69 Å². The second kappa shape index (κ2) is 6.25. The lowest BCUT2D eigenvalue weighted by molar-refractivity contribution is 0.537. The van der Waals surface area contributed by atoms with Crippen LogP contribution >= 0.6 is 15.9 Å². The number of hydrogen-bond donors (Lipinski definition) is 1. The van der Waals surface area contributed by atoms with Gasteiger partial charge in [-0.3, -0.25) is 0 Å². The molecule has 0 unspecified atom stereocenters. The first kappa shape index (κ1) is 14.1. The molecule has 0 aliphatic carbocycles. The van der Waals surface area contributed by atoms with Crippen molar-refractivity contribution < 1.29 is 0 Å². The molecule has 1 heterocycles. The Labute approximate surface area is 121 Å². The second-order valence-electron chi connectivity index (χ2n) is 5.02. The highest BCUT2D eigenvalue weighted by atomic mass is 79.9. The number of nitrogens with zero attached hydrogens (tertiary/aromatic N) is 4. The molecule has 0 aliphatic rings. The Balaban J connectivity index is 2.18. The van der Waals surface area contributed by atoms with Gasteiger partial charge in [-0.05, 0) is 53.6 Å². The standard InChI is InChI=1S/C13H18BrN5/c1-9(2)7-15-8-13-16-17-18-19(13)12-5-10(3)4-11(14)6-12/h4-6,9,15H,7-8H2,1-3H3. The van der Waals surface area contributed by atoms with Crippen LogP contribution in [0, 0.1) is 12.8 Å². The predicted octanol–water partition coefficient (Wildman–Crippen LogP) is 2.48. The van der Waals surface area contributed by atoms with Crippen molar-refractivity contribution in [2.24, 2.45) is 5.92 Å². The van der Waals surface area contributed by atoms with Crippen LogP contribution in [-0.4, -0.2) is 26.8 Å². The molecule has 0 spiro atoms. The molecule has 0 radical (unpaired) electrons. The van der Waals surface area contributed by atoms with E-state index in [1.807, 2.05) is 6.07 Å². The van der Waals surface area contributed by atoms with Gasteiger partial charge in [0.1, 0.15) is 0 Å². The molecule has 5 nitrogen and oxygen atoms in total. The number of aryl methyl sites for hydroxylation is 1. The van der Waals surface area contributed by atoms with E-state index in [9.17, 15) is 0 Å². The van der Waals surface area contributed by atoms with E-state index < -0.39 is 0 Å². The second-order valence-corrected chi connectivity index (χ2v) is 5.93. The highest BCUT2D eigenvalue weighted by molar-refractivity contribution is 9.10. The van der Waals surface area contributed by atoms with Crippen LogP contribution in [-0.2, 0) is 6.54 Å². The van der Waals surface area contributed by atoms with Crippen LogP contribution in [0.5, 0.6) is 0 Å². The first-order valence-electron chi connectivity index (χ1n) is 6.32. The van der Waals surface area contributed by atoms with Gasteiger partial charge in [0.2, 0.25) is 0 Å². The van der Waals surface area contributed by atoms with Crippen molar-refractivity contribution >= 4 is 15.9 Å². The van der Waals surface area contributed by atoms with Gasteiger partial charge >= 0.3 is 0 Å². The van der Waals surface area contributed by atoms with E-state index >= 15 is 0 Å². The lowest BCUT2D eigenvalue weighted by atomic mass is 10.2. The van der Waals surface area contributed by atoms with Crippen LogP contribution in [0.15, 0.2) is 22.7 Å². The molecule has 0 aliphatic heterocycles. The lowest BCUT2D eigenvalue weighted by Gasteiger charge is -2.08. The van der Waals surface area contributed by atoms with Crippen LogP contribution in [0.4, 0.5) is 0 Å². The zero-order chi connectivity index (χ0) is 13.8. The third-order valence-electron chi connectivity index (χ3n) is 2.64. The van der Waals surface area contributed by atoms with Crippen molar-refractivity contribution in [1.82, 2.24) is 25.5 Å². The number of benzene rings is 1. The summed E-state index contributed by atoms with van der Waals surface area (Å²) < 4.78 is 2.80. The van der Waals surface area contributed by atoms with Gasteiger partial charge < -0.3 is 5.32 Å². The number of hydrogen-bond acceptors (Lipinski definition) is 4. The van der Waals surface area contributed by atoms with E-state index in [1.165, 1.54) is 5.56 Å². The summed E-state index contributed by atoms with van der Waals surface area (Å²) in [6.07, 6.45) is 0. The summed E-state index contributed by atoms with van der Waals surface area (Å²) in [6, 6.07) is 6.13. The molecule has 0 saturated carbocycles. The SMILES string of the molecule is Cc1cc(Br)cc(-n2nnnc2CNCC(C)C)c1. The molecule has 19 heavy (non-hydrogen) atoms. The topological polar surface area (TPSA) is 55.6 Å². The summed E-state index contributed by atoms with van der Waals surface area (Å²) in [5, 5.41) is 15.2. The Bertz CT molecular complexity index is 529. The molecule has 2 rings (SSSR count). The number of tetrazole rings is 1. The van der Waals surface area contributed by atoms with E-state index in [1.54, 1.807) is 4.68 Å². The van der Waals surface area contributed by atoms with E-state index in [0.717, 1.165) is 22.5 Å². The minimum Gasteiger partial charge on any atom is -0.310 e. The average Bonchev–Trinajstić information content (AvgIpc) is 2.75. The Morgan fingerprint density at radius 2 is 2.11 bits per heavy atom. The molecule has 0 atom stereocenters. The highest BCUT2D eigenvalue weighted by Crippen LogP contribution is 2.18. The summed E-state index contributed by atoms with van der Waals surface area (Å²) in [4.78, 5) is 0. The summed E-state index contributed by atoms with van der Waals surface area (Å²) in [5.41, 5.74) is 2.14. The normalized spacial score (nSPS) is 11.2. The maximum absolute atomic E-state index is 4.07. The van der Waals surface area contributed by atoms with E-state index in [-0.39, 0.29) is 0 Å². The molecule has 1 aromatic heterocycles. The van der Waals surface area contributed by atoms with E-state index in [2.05, 4.69) is 69.7 Å². The molecular weight excluding hydrogens is 306 g/mol. The van der Waals surface area contributed by atoms with Crippen molar-refractivity contribution in [2.45, 2.75) is 27.3 Å². The Hall–Kier alpha value is -1.27. The third kappa shape index (κ3) is 3.84. The van der Waals surface area contributed by atoms with Crippen LogP contribution < -0.4 is 5.32 Å². The lowest BCUT2D eigenvalue weighted by Crippen LogP contribution is -2.21. The van der Waals surface area contributed by atoms with Crippen molar-refractivity contribution in [1.29, 1.82) is 0 Å². The number of halogens is 1. The molecule has 6 heteroatoms. The molecule has 0 saturated heterocycles. The molecular formula is C13H18BrN5. The first-order chi connectivity index (χ1) is 9.06. The number of rotatable bonds is 5. The van der Waals surface area contributed by atoms with Gasteiger partial charge in [-0.15, -0.1) is 5.10 Å². The van der Waals surface area contributed by atoms with E-state index in [4.69, 9.17) is 0 Å². The minimum atomic E-state index is 0.609. The van der Waals surface area contributed by atoms with Gasteiger partial charge in [-0.2, -0.15) is 4.68 Å². The van der Waals surface area contributed by atoms with Crippen molar-refractivity contribution in [3.8, 4) is 5.69 Å². The molecule has 0 fully saturated rings. The van der Waals surface area contributed by atoms with E-state index in [0.29, 0.717) is 12.5 Å². The average molecular weight is 324 g/mol. The van der Waals surface area contributed by atoms with Gasteiger partial charge in [0.05, 0.1) is 12.2 Å². The fourth-order valence-electron chi connectivity index (χ4n) is 1.83. The molecule has 0 amide bonds. The summed E-state index contributed by atoms with van der Waals surface area (Å²) in [7, 11) is 0. The van der Waals surface area contributed by atoms with Gasteiger partial charge in [-0.25, -0.2) is 0 Å². The smallest absolute Gasteiger partial charge is 0.170 e. The quantitative estimate of drug-likeness (QED) is 0.918. The van der Waals surface area contributed by atoms with Gasteiger partial charge in [0.25, 0.3) is 0 Å². The fraction of sp³-hybridized carbons (Fsp3) is 0.462. The molecule has 102 valence electrons. The van der Waals surface area contributed by atoms with Gasteiger partial charge in [-0.1, -0.05) is 29.8 Å². The molecule has 1 N–H and O–H groups in total. The highest BCUT2D eigenvalue weighted by Gasteiger charge is 2.09. The molecule has 2 aromatic rings. The first-order valence-corrected chi connectivity index (χ1v) is 7.11. The maximum atomic E-state index is 4.07. The Kier molecular flexibility index (Phi) is 4.66. The van der Waals surface area contributed by atoms with Crippen LogP contribution in [0.3, 0.4) is 0 Å². The van der Waals surface area contributed by atoms with Gasteiger partial charge in [0, 0.05) is 4.47 Å². The Morgan fingerprint density at radius 1 is 1.32 bits per heavy atom. The number of aromatic nitrogens is 4. The van der Waals surface area contributed by atoms with Crippen molar-refractivity contribution in [3.63, 3.8) is 0 Å². The maximum Gasteiger partial charge on any atom is 0.170 e. The van der Waals surface area contributed by atoms with Crippen molar-refractivity contribution in [3.05, 3.63) is 34.1 Å². The van der Waals surface area contributed by atoms with Gasteiger partial charge in [0.15, 0.2) is 5.82 Å². The fourth-order valence-corrected chi connectivity index (χ4v) is 2.42. The largest absolute Gasteiger partial charge is 0.310 e.